The third-order valence-corrected chi connectivity index (χ3v) is 2.73. The van der Waals surface area contributed by atoms with Crippen molar-refractivity contribution >= 4 is 11.6 Å². The zero-order chi connectivity index (χ0) is 13.9. The Kier molecular flexibility index (Phi) is 7.58. The Morgan fingerprint density at radius 3 is 2.89 bits per heavy atom. The van der Waals surface area contributed by atoms with Crippen molar-refractivity contribution < 1.29 is 9.53 Å². The second-order valence-corrected chi connectivity index (χ2v) is 4.25. The average molecular weight is 265 g/mol. The lowest BCUT2D eigenvalue weighted by molar-refractivity contribution is 0.0941. The fraction of sp³-hybridized carbons (Fsp3) is 0.571. The smallest absolute Gasteiger partial charge is 0.253 e. The molecule has 0 aromatic carbocycles. The maximum atomic E-state index is 11.9. The summed E-state index contributed by atoms with van der Waals surface area (Å²) in [4.78, 5) is 15.9. The largest absolute Gasteiger partial charge is 0.386 e. The van der Waals surface area contributed by atoms with Crippen LogP contribution < -0.4 is 10.6 Å². The van der Waals surface area contributed by atoms with E-state index < -0.39 is 0 Å². The zero-order valence-electron chi connectivity index (χ0n) is 11.7. The molecule has 0 saturated carbocycles. The lowest BCUT2D eigenvalue weighted by atomic mass is 10.2. The molecule has 1 aromatic heterocycles. The minimum Gasteiger partial charge on any atom is -0.386 e. The van der Waals surface area contributed by atoms with Crippen molar-refractivity contribution in [1.29, 1.82) is 0 Å². The average Bonchev–Trinajstić information content (AvgIpc) is 2.46. The monoisotopic (exact) mass is 265 g/mol. The molecule has 0 spiro atoms. The van der Waals surface area contributed by atoms with Crippen LogP contribution in [0.2, 0.25) is 0 Å². The number of hydrogen-bond donors (Lipinski definition) is 2. The number of pyridine rings is 1. The van der Waals surface area contributed by atoms with Crippen molar-refractivity contribution in [2.24, 2.45) is 0 Å². The van der Waals surface area contributed by atoms with Crippen molar-refractivity contribution in [1.82, 2.24) is 10.3 Å². The Morgan fingerprint density at radius 2 is 2.16 bits per heavy atom. The van der Waals surface area contributed by atoms with Crippen LogP contribution in [0.1, 0.15) is 36.5 Å². The van der Waals surface area contributed by atoms with Gasteiger partial charge in [-0.2, -0.15) is 0 Å². The van der Waals surface area contributed by atoms with Gasteiger partial charge in [0.1, 0.15) is 0 Å². The summed E-state index contributed by atoms with van der Waals surface area (Å²) in [5.41, 5.74) is 1.35. The number of amides is 1. The first-order chi connectivity index (χ1) is 9.29. The highest BCUT2D eigenvalue weighted by molar-refractivity contribution is 5.99. The Bertz CT molecular complexity index is 383. The molecular formula is C14H23N3O2. The molecule has 0 aliphatic heterocycles. The van der Waals surface area contributed by atoms with E-state index in [0.29, 0.717) is 18.7 Å². The van der Waals surface area contributed by atoms with Gasteiger partial charge < -0.3 is 15.4 Å². The lowest BCUT2D eigenvalue weighted by Crippen LogP contribution is -2.26. The molecule has 0 bridgehead atoms. The summed E-state index contributed by atoms with van der Waals surface area (Å²) >= 11 is 0. The zero-order valence-corrected chi connectivity index (χ0v) is 11.7. The van der Waals surface area contributed by atoms with Gasteiger partial charge in [0.15, 0.2) is 0 Å². The number of hydrogen-bond acceptors (Lipinski definition) is 4. The topological polar surface area (TPSA) is 63.2 Å². The van der Waals surface area contributed by atoms with Crippen molar-refractivity contribution in [2.75, 3.05) is 32.1 Å². The molecule has 19 heavy (non-hydrogen) atoms. The van der Waals surface area contributed by atoms with Gasteiger partial charge in [0.05, 0.1) is 17.4 Å². The van der Waals surface area contributed by atoms with Gasteiger partial charge in [-0.05, 0) is 18.9 Å². The number of ether oxygens (including phenoxy) is 1. The summed E-state index contributed by atoms with van der Waals surface area (Å²) < 4.78 is 5.43. The van der Waals surface area contributed by atoms with Gasteiger partial charge in [-0.3, -0.25) is 9.78 Å². The maximum absolute atomic E-state index is 11.9. The summed E-state index contributed by atoms with van der Waals surface area (Å²) in [5, 5.41) is 5.83. The fourth-order valence-corrected chi connectivity index (χ4v) is 1.61. The molecule has 106 valence electrons. The van der Waals surface area contributed by atoms with Gasteiger partial charge in [0, 0.05) is 33.0 Å². The normalized spacial score (nSPS) is 10.2. The number of carbonyl (C=O) groups is 1. The van der Waals surface area contributed by atoms with Gasteiger partial charge in [-0.15, -0.1) is 0 Å². The van der Waals surface area contributed by atoms with E-state index in [-0.39, 0.29) is 5.91 Å². The van der Waals surface area contributed by atoms with Gasteiger partial charge in [-0.25, -0.2) is 0 Å². The Balaban J connectivity index is 2.24. The van der Waals surface area contributed by atoms with Gasteiger partial charge in [0.25, 0.3) is 5.91 Å². The summed E-state index contributed by atoms with van der Waals surface area (Å²) in [6.07, 6.45) is 6.32. The van der Waals surface area contributed by atoms with Crippen molar-refractivity contribution in [3.63, 3.8) is 0 Å². The minimum absolute atomic E-state index is 0.0830. The number of nitrogens with zero attached hydrogens (tertiary/aromatic N) is 1. The second-order valence-electron chi connectivity index (χ2n) is 4.25. The molecule has 2 N–H and O–H groups in total. The Morgan fingerprint density at radius 1 is 1.37 bits per heavy atom. The molecule has 0 unspecified atom stereocenters. The summed E-state index contributed by atoms with van der Waals surface area (Å²) in [5.74, 6) is -0.0830. The van der Waals surface area contributed by atoms with Crippen molar-refractivity contribution in [3.8, 4) is 0 Å². The number of rotatable bonds is 9. The molecule has 0 aliphatic rings. The molecular weight excluding hydrogens is 242 g/mol. The predicted octanol–water partition coefficient (Wildman–Crippen LogP) is 2.06. The van der Waals surface area contributed by atoms with Crippen LogP contribution in [0, 0.1) is 0 Å². The van der Waals surface area contributed by atoms with Crippen LogP contribution in [0.5, 0.6) is 0 Å². The number of aromatic nitrogens is 1. The van der Waals surface area contributed by atoms with E-state index in [0.717, 1.165) is 31.6 Å². The quantitative estimate of drug-likeness (QED) is 0.671. The SMILES string of the molecule is CCCCOCCCNC(=O)c1ccncc1NC. The number of anilines is 1. The van der Waals surface area contributed by atoms with Crippen LogP contribution in [0.25, 0.3) is 0 Å². The van der Waals surface area contributed by atoms with E-state index in [4.69, 9.17) is 4.74 Å². The molecule has 0 atom stereocenters. The molecule has 1 amide bonds. The van der Waals surface area contributed by atoms with E-state index in [1.165, 1.54) is 0 Å². The molecule has 1 rings (SSSR count). The molecule has 0 fully saturated rings. The first kappa shape index (κ1) is 15.4. The van der Waals surface area contributed by atoms with Gasteiger partial charge in [-0.1, -0.05) is 13.3 Å². The van der Waals surface area contributed by atoms with Gasteiger partial charge in [0.2, 0.25) is 0 Å². The number of nitrogens with one attached hydrogen (secondary N) is 2. The molecule has 5 heteroatoms. The van der Waals surface area contributed by atoms with Crippen LogP contribution >= 0.6 is 0 Å². The lowest BCUT2D eigenvalue weighted by Gasteiger charge is -2.09. The third-order valence-electron chi connectivity index (χ3n) is 2.73. The number of carbonyl (C=O) groups excluding carboxylic acids is 1. The van der Waals surface area contributed by atoms with Crippen LogP contribution in [0.3, 0.4) is 0 Å². The highest BCUT2D eigenvalue weighted by Gasteiger charge is 2.09. The van der Waals surface area contributed by atoms with Crippen molar-refractivity contribution in [3.05, 3.63) is 24.0 Å². The van der Waals surface area contributed by atoms with Crippen LogP contribution in [-0.4, -0.2) is 37.7 Å². The first-order valence-corrected chi connectivity index (χ1v) is 6.77. The highest BCUT2D eigenvalue weighted by Crippen LogP contribution is 2.11. The van der Waals surface area contributed by atoms with E-state index in [1.807, 2.05) is 0 Å². The van der Waals surface area contributed by atoms with Crippen LogP contribution in [0.4, 0.5) is 5.69 Å². The standard InChI is InChI=1S/C14H23N3O2/c1-3-4-9-19-10-5-7-17-14(18)12-6-8-16-11-13(12)15-2/h6,8,11,15H,3-5,7,9-10H2,1-2H3,(H,17,18). The molecule has 1 heterocycles. The van der Waals surface area contributed by atoms with Crippen LogP contribution in [-0.2, 0) is 4.74 Å². The maximum Gasteiger partial charge on any atom is 0.253 e. The van der Waals surface area contributed by atoms with Crippen molar-refractivity contribution in [2.45, 2.75) is 26.2 Å². The van der Waals surface area contributed by atoms with E-state index in [2.05, 4.69) is 22.5 Å². The molecule has 0 aliphatic carbocycles. The molecule has 0 radical (unpaired) electrons. The van der Waals surface area contributed by atoms with Crippen LogP contribution in [0.15, 0.2) is 18.5 Å². The minimum atomic E-state index is -0.0830. The van der Waals surface area contributed by atoms with E-state index in [1.54, 1.807) is 25.5 Å². The summed E-state index contributed by atoms with van der Waals surface area (Å²) in [7, 11) is 1.77. The first-order valence-electron chi connectivity index (χ1n) is 6.77. The summed E-state index contributed by atoms with van der Waals surface area (Å²) in [6, 6.07) is 1.71. The summed E-state index contributed by atoms with van der Waals surface area (Å²) in [6.45, 7) is 4.25. The fourth-order valence-electron chi connectivity index (χ4n) is 1.61. The highest BCUT2D eigenvalue weighted by atomic mass is 16.5. The Hall–Kier alpha value is -1.62. The van der Waals surface area contributed by atoms with Gasteiger partial charge >= 0.3 is 0 Å². The predicted molar refractivity (Wildman–Crippen MR) is 76.5 cm³/mol. The molecule has 1 aromatic rings. The Labute approximate surface area is 114 Å². The van der Waals surface area contributed by atoms with E-state index >= 15 is 0 Å². The number of unbranched alkanes of at least 4 members (excludes halogenated alkanes) is 1. The molecule has 0 saturated heterocycles. The third kappa shape index (κ3) is 5.70. The second kappa shape index (κ2) is 9.33. The molecule has 5 nitrogen and oxygen atoms in total. The van der Waals surface area contributed by atoms with E-state index in [9.17, 15) is 4.79 Å².